The Kier molecular flexibility index (Phi) is 3.79. The summed E-state index contributed by atoms with van der Waals surface area (Å²) in [6, 6.07) is 4.51. The van der Waals surface area contributed by atoms with Crippen molar-refractivity contribution in [1.82, 2.24) is 4.98 Å². The number of nitrogens with zero attached hydrogens (tertiary/aromatic N) is 1. The van der Waals surface area contributed by atoms with Crippen LogP contribution in [0.3, 0.4) is 0 Å². The Morgan fingerprint density at radius 1 is 1.47 bits per heavy atom. The predicted octanol–water partition coefficient (Wildman–Crippen LogP) is 0.885. The maximum Gasteiger partial charge on any atom is 0.354 e. The number of carbonyl (C=O) groups is 2. The summed E-state index contributed by atoms with van der Waals surface area (Å²) in [5.41, 5.74) is 0.324. The van der Waals surface area contributed by atoms with Gasteiger partial charge in [-0.2, -0.15) is 0 Å². The van der Waals surface area contributed by atoms with Crippen LogP contribution in [-0.4, -0.2) is 28.6 Å². The zero-order chi connectivity index (χ0) is 11.3. The Hall–Kier alpha value is -1.91. The number of aromatic nitrogens is 1. The summed E-state index contributed by atoms with van der Waals surface area (Å²) < 4.78 is 4.72. The number of carboxylic acids is 1. The molecule has 0 aliphatic rings. The van der Waals surface area contributed by atoms with Crippen molar-refractivity contribution < 1.29 is 19.4 Å². The van der Waals surface area contributed by atoms with Gasteiger partial charge in [0, 0.05) is 0 Å². The van der Waals surface area contributed by atoms with Crippen LogP contribution in [0.4, 0.5) is 0 Å². The third-order valence-electron chi connectivity index (χ3n) is 1.66. The van der Waals surface area contributed by atoms with Gasteiger partial charge in [-0.15, -0.1) is 0 Å². The molecule has 0 radical (unpaired) electrons. The van der Waals surface area contributed by atoms with Crippen molar-refractivity contribution in [2.45, 2.75) is 13.3 Å². The van der Waals surface area contributed by atoms with Crippen molar-refractivity contribution in [3.63, 3.8) is 0 Å². The number of rotatable bonds is 4. The van der Waals surface area contributed by atoms with Crippen LogP contribution in [0, 0.1) is 0 Å². The smallest absolute Gasteiger partial charge is 0.354 e. The highest BCUT2D eigenvalue weighted by atomic mass is 16.5. The molecular formula is C10H11NO4. The number of hydrogen-bond donors (Lipinski definition) is 1. The van der Waals surface area contributed by atoms with E-state index in [4.69, 9.17) is 9.84 Å². The zero-order valence-corrected chi connectivity index (χ0v) is 8.27. The molecule has 1 rings (SSSR count). The second-order valence-electron chi connectivity index (χ2n) is 2.80. The standard InChI is InChI=1S/C10H11NO4/c1-2-15-9(12)6-7-4-3-5-8(11-7)10(13)14/h3-5H,2,6H2,1H3,(H,13,14). The van der Waals surface area contributed by atoms with Gasteiger partial charge in [-0.25, -0.2) is 9.78 Å². The Morgan fingerprint density at radius 3 is 2.80 bits per heavy atom. The lowest BCUT2D eigenvalue weighted by Gasteiger charge is -2.01. The molecule has 0 fully saturated rings. The SMILES string of the molecule is CCOC(=O)Cc1cccc(C(=O)O)n1. The highest BCUT2D eigenvalue weighted by Gasteiger charge is 2.08. The summed E-state index contributed by atoms with van der Waals surface area (Å²) in [6.45, 7) is 2.01. The van der Waals surface area contributed by atoms with Gasteiger partial charge in [0.25, 0.3) is 0 Å². The van der Waals surface area contributed by atoms with Crippen molar-refractivity contribution in [3.05, 3.63) is 29.6 Å². The van der Waals surface area contributed by atoms with Crippen LogP contribution in [0.25, 0.3) is 0 Å². The second-order valence-corrected chi connectivity index (χ2v) is 2.80. The Morgan fingerprint density at radius 2 is 2.20 bits per heavy atom. The Labute approximate surface area is 86.7 Å². The zero-order valence-electron chi connectivity index (χ0n) is 8.27. The fraction of sp³-hybridized carbons (Fsp3) is 0.300. The summed E-state index contributed by atoms with van der Waals surface area (Å²) >= 11 is 0. The molecule has 1 aromatic heterocycles. The summed E-state index contributed by atoms with van der Waals surface area (Å²) in [5.74, 6) is -1.52. The molecule has 0 atom stereocenters. The van der Waals surface area contributed by atoms with Crippen molar-refractivity contribution in [2.24, 2.45) is 0 Å². The van der Waals surface area contributed by atoms with E-state index in [2.05, 4.69) is 4.98 Å². The molecule has 80 valence electrons. The van der Waals surface area contributed by atoms with Gasteiger partial charge in [0.2, 0.25) is 0 Å². The lowest BCUT2D eigenvalue weighted by atomic mass is 10.2. The van der Waals surface area contributed by atoms with Gasteiger partial charge in [-0.05, 0) is 19.1 Å². The van der Waals surface area contributed by atoms with E-state index >= 15 is 0 Å². The third kappa shape index (κ3) is 3.38. The van der Waals surface area contributed by atoms with Crippen LogP contribution in [0.5, 0.6) is 0 Å². The molecule has 0 aliphatic heterocycles. The molecule has 0 unspecified atom stereocenters. The largest absolute Gasteiger partial charge is 0.477 e. The summed E-state index contributed by atoms with van der Waals surface area (Å²) in [7, 11) is 0. The topological polar surface area (TPSA) is 76.5 Å². The minimum atomic E-state index is -1.11. The first kappa shape index (κ1) is 11.2. The predicted molar refractivity (Wildman–Crippen MR) is 51.5 cm³/mol. The molecule has 5 nitrogen and oxygen atoms in total. The van der Waals surface area contributed by atoms with Gasteiger partial charge in [0.15, 0.2) is 0 Å². The van der Waals surface area contributed by atoms with Gasteiger partial charge in [-0.3, -0.25) is 4.79 Å². The third-order valence-corrected chi connectivity index (χ3v) is 1.66. The van der Waals surface area contributed by atoms with E-state index < -0.39 is 11.9 Å². The molecule has 0 bridgehead atoms. The molecule has 0 aliphatic carbocycles. The Bertz CT molecular complexity index is 375. The number of carboxylic acid groups (broad SMARTS) is 1. The van der Waals surface area contributed by atoms with Crippen molar-refractivity contribution in [1.29, 1.82) is 0 Å². The first-order chi connectivity index (χ1) is 7.13. The van der Waals surface area contributed by atoms with Crippen LogP contribution in [-0.2, 0) is 16.0 Å². The normalized spacial score (nSPS) is 9.67. The molecule has 0 amide bonds. The molecule has 0 saturated carbocycles. The van der Waals surface area contributed by atoms with Crippen LogP contribution in [0.2, 0.25) is 0 Å². The average Bonchev–Trinajstić information content (AvgIpc) is 2.18. The second kappa shape index (κ2) is 5.09. The fourth-order valence-corrected chi connectivity index (χ4v) is 1.06. The first-order valence-electron chi connectivity index (χ1n) is 4.48. The summed E-state index contributed by atoms with van der Waals surface area (Å²) in [5, 5.41) is 8.67. The number of aromatic carboxylic acids is 1. The van der Waals surface area contributed by atoms with Crippen molar-refractivity contribution in [2.75, 3.05) is 6.61 Å². The number of esters is 1. The number of pyridine rings is 1. The van der Waals surface area contributed by atoms with Gasteiger partial charge in [0.1, 0.15) is 5.69 Å². The van der Waals surface area contributed by atoms with Gasteiger partial charge in [0.05, 0.1) is 18.7 Å². The lowest BCUT2D eigenvalue weighted by molar-refractivity contribution is -0.142. The average molecular weight is 209 g/mol. The van der Waals surface area contributed by atoms with Crippen LogP contribution in [0.15, 0.2) is 18.2 Å². The molecule has 0 spiro atoms. The maximum atomic E-state index is 11.1. The van der Waals surface area contributed by atoms with Gasteiger partial charge < -0.3 is 9.84 Å². The van der Waals surface area contributed by atoms with Gasteiger partial charge >= 0.3 is 11.9 Å². The highest BCUT2D eigenvalue weighted by molar-refractivity contribution is 5.85. The summed E-state index contributed by atoms with van der Waals surface area (Å²) in [6.07, 6.45) is -0.00500. The lowest BCUT2D eigenvalue weighted by Crippen LogP contribution is -2.10. The molecule has 0 aromatic carbocycles. The number of ether oxygens (including phenoxy) is 1. The summed E-state index contributed by atoms with van der Waals surface area (Å²) in [4.78, 5) is 25.5. The van der Waals surface area contributed by atoms with Crippen molar-refractivity contribution in [3.8, 4) is 0 Å². The van der Waals surface area contributed by atoms with Crippen LogP contribution in [0.1, 0.15) is 23.1 Å². The van der Waals surface area contributed by atoms with E-state index in [1.165, 1.54) is 6.07 Å². The van der Waals surface area contributed by atoms with E-state index in [1.807, 2.05) is 0 Å². The molecule has 0 saturated heterocycles. The maximum absolute atomic E-state index is 11.1. The number of carbonyl (C=O) groups excluding carboxylic acids is 1. The van der Waals surface area contributed by atoms with Crippen molar-refractivity contribution >= 4 is 11.9 Å². The molecule has 1 heterocycles. The molecule has 1 aromatic rings. The van der Waals surface area contributed by atoms with E-state index in [-0.39, 0.29) is 12.1 Å². The quantitative estimate of drug-likeness (QED) is 0.745. The highest BCUT2D eigenvalue weighted by Crippen LogP contribution is 2.01. The van der Waals surface area contributed by atoms with Crippen LogP contribution < -0.4 is 0 Å². The molecular weight excluding hydrogens is 198 g/mol. The number of hydrogen-bond acceptors (Lipinski definition) is 4. The first-order valence-corrected chi connectivity index (χ1v) is 4.48. The minimum absolute atomic E-state index is 0.00500. The molecule has 15 heavy (non-hydrogen) atoms. The van der Waals surface area contributed by atoms with E-state index in [9.17, 15) is 9.59 Å². The van der Waals surface area contributed by atoms with E-state index in [0.29, 0.717) is 12.3 Å². The monoisotopic (exact) mass is 209 g/mol. The Balaban J connectivity index is 2.73. The molecule has 1 N–H and O–H groups in total. The van der Waals surface area contributed by atoms with E-state index in [1.54, 1.807) is 19.1 Å². The van der Waals surface area contributed by atoms with E-state index in [0.717, 1.165) is 0 Å². The minimum Gasteiger partial charge on any atom is -0.477 e. The fourth-order valence-electron chi connectivity index (χ4n) is 1.06. The van der Waals surface area contributed by atoms with Crippen LogP contribution >= 0.6 is 0 Å². The van der Waals surface area contributed by atoms with Gasteiger partial charge in [-0.1, -0.05) is 6.07 Å². The molecule has 5 heteroatoms.